The highest BCUT2D eigenvalue weighted by atomic mass is 15.4. The van der Waals surface area contributed by atoms with Crippen LogP contribution in [0.25, 0.3) is 17.2 Å². The van der Waals surface area contributed by atoms with E-state index in [9.17, 15) is 0 Å². The van der Waals surface area contributed by atoms with Gasteiger partial charge in [-0.15, -0.1) is 5.10 Å². The van der Waals surface area contributed by atoms with E-state index in [-0.39, 0.29) is 6.04 Å². The Labute approximate surface area is 163 Å². The van der Waals surface area contributed by atoms with Crippen molar-refractivity contribution in [3.8, 4) is 17.2 Å². The quantitative estimate of drug-likeness (QED) is 0.554. The lowest BCUT2D eigenvalue weighted by Crippen LogP contribution is -2.10. The molecule has 0 aliphatic heterocycles. The Morgan fingerprint density at radius 1 is 1.04 bits per heavy atom. The van der Waals surface area contributed by atoms with E-state index in [1.807, 2.05) is 67.7 Å². The Kier molecular flexibility index (Phi) is 5.05. The molecular weight excluding hydrogens is 350 g/mol. The van der Waals surface area contributed by atoms with Crippen LogP contribution in [0.5, 0.6) is 0 Å². The van der Waals surface area contributed by atoms with Crippen molar-refractivity contribution in [1.82, 2.24) is 29.9 Å². The van der Waals surface area contributed by atoms with E-state index >= 15 is 0 Å². The predicted octanol–water partition coefficient (Wildman–Crippen LogP) is 3.85. The van der Waals surface area contributed by atoms with Gasteiger partial charge in [0, 0.05) is 18.0 Å². The van der Waals surface area contributed by atoms with Crippen molar-refractivity contribution in [1.29, 1.82) is 0 Å². The highest BCUT2D eigenvalue weighted by Gasteiger charge is 2.14. The monoisotopic (exact) mass is 371 g/mol. The Morgan fingerprint density at radius 3 is 2.61 bits per heavy atom. The third-order valence-corrected chi connectivity index (χ3v) is 4.38. The summed E-state index contributed by atoms with van der Waals surface area (Å²) in [7, 11) is 0. The molecule has 3 heterocycles. The van der Waals surface area contributed by atoms with Gasteiger partial charge in [0.2, 0.25) is 0 Å². The summed E-state index contributed by atoms with van der Waals surface area (Å²) in [5.41, 5.74) is 3.52. The normalized spacial score (nSPS) is 11.9. The van der Waals surface area contributed by atoms with Gasteiger partial charge < -0.3 is 5.32 Å². The molecule has 7 nitrogen and oxygen atoms in total. The zero-order valence-corrected chi connectivity index (χ0v) is 15.8. The van der Waals surface area contributed by atoms with Crippen molar-refractivity contribution in [3.05, 3.63) is 78.4 Å². The van der Waals surface area contributed by atoms with E-state index < -0.39 is 0 Å². The van der Waals surface area contributed by atoms with Crippen molar-refractivity contribution < 1.29 is 0 Å². The number of para-hydroxylation sites is 1. The van der Waals surface area contributed by atoms with Crippen molar-refractivity contribution in [2.45, 2.75) is 26.3 Å². The first-order valence-corrected chi connectivity index (χ1v) is 9.26. The van der Waals surface area contributed by atoms with Gasteiger partial charge in [-0.25, -0.2) is 14.6 Å². The first-order chi connectivity index (χ1) is 13.7. The van der Waals surface area contributed by atoms with Gasteiger partial charge in [-0.05, 0) is 37.6 Å². The summed E-state index contributed by atoms with van der Waals surface area (Å²) < 4.78 is 1.77. The van der Waals surface area contributed by atoms with Crippen LogP contribution in [0, 0.1) is 0 Å². The van der Waals surface area contributed by atoms with Gasteiger partial charge in [-0.1, -0.05) is 36.4 Å². The number of anilines is 1. The smallest absolute Gasteiger partial charge is 0.180 e. The van der Waals surface area contributed by atoms with E-state index in [0.717, 1.165) is 35.0 Å². The van der Waals surface area contributed by atoms with E-state index in [0.29, 0.717) is 5.82 Å². The van der Waals surface area contributed by atoms with Gasteiger partial charge in [0.1, 0.15) is 17.2 Å². The Hall–Kier alpha value is -3.61. The highest BCUT2D eigenvalue weighted by molar-refractivity contribution is 5.53. The lowest BCUT2D eigenvalue weighted by molar-refractivity contribution is 0.779. The number of aryl methyl sites for hydroxylation is 1. The molecule has 0 saturated carbocycles. The van der Waals surface area contributed by atoms with E-state index in [1.54, 1.807) is 10.9 Å². The molecule has 7 heteroatoms. The molecule has 0 saturated heterocycles. The molecule has 0 spiro atoms. The lowest BCUT2D eigenvalue weighted by atomic mass is 10.2. The molecule has 0 fully saturated rings. The molecule has 0 aliphatic carbocycles. The third-order valence-electron chi connectivity index (χ3n) is 4.38. The molecule has 0 radical (unpaired) electrons. The lowest BCUT2D eigenvalue weighted by Gasteiger charge is -2.13. The minimum atomic E-state index is -0.0614. The standard InChI is InChI=1S/C21H21N7/c1-3-16-13-20(25-21(24-16)18-11-7-8-12-22-18)23-15(2)19-14-28(27-26-19)17-9-5-4-6-10-17/h4-15H,3H2,1-2H3,(H,23,24,25). The van der Waals surface area contributed by atoms with Crippen LogP contribution in [0.2, 0.25) is 0 Å². The zero-order chi connectivity index (χ0) is 19.3. The van der Waals surface area contributed by atoms with Crippen molar-refractivity contribution in [3.63, 3.8) is 0 Å². The third kappa shape index (κ3) is 3.88. The first kappa shape index (κ1) is 17.8. The van der Waals surface area contributed by atoms with Crippen LogP contribution in [0.3, 0.4) is 0 Å². The maximum Gasteiger partial charge on any atom is 0.180 e. The molecule has 1 N–H and O–H groups in total. The van der Waals surface area contributed by atoms with Crippen LogP contribution >= 0.6 is 0 Å². The number of rotatable bonds is 6. The molecule has 1 aromatic carbocycles. The van der Waals surface area contributed by atoms with Gasteiger partial charge in [-0.3, -0.25) is 4.98 Å². The van der Waals surface area contributed by atoms with Gasteiger partial charge >= 0.3 is 0 Å². The maximum atomic E-state index is 4.64. The molecule has 28 heavy (non-hydrogen) atoms. The van der Waals surface area contributed by atoms with E-state index in [1.165, 1.54) is 0 Å². The second kappa shape index (κ2) is 7.96. The Balaban J connectivity index is 1.58. The van der Waals surface area contributed by atoms with Crippen LogP contribution in [-0.4, -0.2) is 29.9 Å². The molecule has 0 bridgehead atoms. The predicted molar refractivity (Wildman–Crippen MR) is 108 cm³/mol. The molecule has 0 aliphatic rings. The fourth-order valence-corrected chi connectivity index (χ4v) is 2.84. The molecule has 1 unspecified atom stereocenters. The topological polar surface area (TPSA) is 81.4 Å². The number of pyridine rings is 1. The number of hydrogen-bond donors (Lipinski definition) is 1. The second-order valence-electron chi connectivity index (χ2n) is 6.43. The van der Waals surface area contributed by atoms with Crippen molar-refractivity contribution >= 4 is 5.82 Å². The van der Waals surface area contributed by atoms with E-state index in [4.69, 9.17) is 0 Å². The fourth-order valence-electron chi connectivity index (χ4n) is 2.84. The number of aromatic nitrogens is 6. The van der Waals surface area contributed by atoms with Crippen molar-refractivity contribution in [2.75, 3.05) is 5.32 Å². The summed E-state index contributed by atoms with van der Waals surface area (Å²) in [4.78, 5) is 13.6. The Bertz CT molecular complexity index is 1040. The molecule has 4 aromatic rings. The number of nitrogens with zero attached hydrogens (tertiary/aromatic N) is 6. The number of hydrogen-bond acceptors (Lipinski definition) is 6. The summed E-state index contributed by atoms with van der Waals surface area (Å²) in [6, 6.07) is 17.5. The van der Waals surface area contributed by atoms with Crippen molar-refractivity contribution in [2.24, 2.45) is 0 Å². The summed E-state index contributed by atoms with van der Waals surface area (Å²) in [5.74, 6) is 1.36. The van der Waals surface area contributed by atoms with Gasteiger partial charge in [0.05, 0.1) is 17.9 Å². The summed E-state index contributed by atoms with van der Waals surface area (Å²) in [6.45, 7) is 4.11. The highest BCUT2D eigenvalue weighted by Crippen LogP contribution is 2.21. The minimum absolute atomic E-state index is 0.0614. The SMILES string of the molecule is CCc1cc(NC(C)c2cn(-c3ccccc3)nn2)nc(-c2ccccn2)n1. The molecule has 3 aromatic heterocycles. The number of nitrogens with one attached hydrogen (secondary N) is 1. The molecule has 0 amide bonds. The van der Waals surface area contributed by atoms with Crippen LogP contribution in [-0.2, 0) is 6.42 Å². The number of benzene rings is 1. The molecule has 140 valence electrons. The van der Waals surface area contributed by atoms with Gasteiger partial charge in [0.15, 0.2) is 5.82 Å². The summed E-state index contributed by atoms with van der Waals surface area (Å²) >= 11 is 0. The minimum Gasteiger partial charge on any atom is -0.362 e. The maximum absolute atomic E-state index is 4.64. The average Bonchev–Trinajstić information content (AvgIpc) is 3.25. The second-order valence-corrected chi connectivity index (χ2v) is 6.43. The van der Waals surface area contributed by atoms with Gasteiger partial charge in [0.25, 0.3) is 0 Å². The van der Waals surface area contributed by atoms with Crippen LogP contribution < -0.4 is 5.32 Å². The molecular formula is C21H21N7. The van der Waals surface area contributed by atoms with Gasteiger partial charge in [-0.2, -0.15) is 0 Å². The largest absolute Gasteiger partial charge is 0.362 e. The average molecular weight is 371 g/mol. The van der Waals surface area contributed by atoms with E-state index in [2.05, 4.69) is 37.5 Å². The molecule has 1 atom stereocenters. The van der Waals surface area contributed by atoms with Crippen LogP contribution in [0.1, 0.15) is 31.3 Å². The van der Waals surface area contributed by atoms with Crippen LogP contribution in [0.15, 0.2) is 67.0 Å². The molecule has 4 rings (SSSR count). The first-order valence-electron chi connectivity index (χ1n) is 9.26. The summed E-state index contributed by atoms with van der Waals surface area (Å²) in [6.07, 6.45) is 4.49. The zero-order valence-electron chi connectivity index (χ0n) is 15.8. The van der Waals surface area contributed by atoms with Crippen LogP contribution in [0.4, 0.5) is 5.82 Å². The Morgan fingerprint density at radius 2 is 1.86 bits per heavy atom. The fraction of sp³-hybridized carbons (Fsp3) is 0.190. The summed E-state index contributed by atoms with van der Waals surface area (Å²) in [5, 5.41) is 12.0.